The van der Waals surface area contributed by atoms with E-state index in [9.17, 15) is 15.3 Å². The molecule has 0 amide bonds. The molecular weight excluding hydrogens is 318 g/mol. The molecular formula is C16H12ClN3O3. The molecule has 0 bridgehead atoms. The van der Waals surface area contributed by atoms with Gasteiger partial charge in [-0.05, 0) is 18.6 Å². The van der Waals surface area contributed by atoms with Crippen molar-refractivity contribution in [3.05, 3.63) is 74.0 Å². The van der Waals surface area contributed by atoms with Crippen LogP contribution in [-0.4, -0.2) is 9.94 Å². The standard InChI is InChI=1S/C16H12ClN3O3/c1-8-6-12-14(16(21)20(8)22)13(10(7-18)15(19)23-12)9-4-2-3-5-11(9)17/h2-6,13,22H,19H2,1H3/t13-/m1/s1. The first kappa shape index (κ1) is 15.0. The topological polar surface area (TPSA) is 101 Å². The molecule has 23 heavy (non-hydrogen) atoms. The fourth-order valence-electron chi connectivity index (χ4n) is 2.66. The van der Waals surface area contributed by atoms with E-state index < -0.39 is 11.5 Å². The molecule has 1 aliphatic heterocycles. The minimum absolute atomic E-state index is 0.0755. The average Bonchev–Trinajstić information content (AvgIpc) is 2.52. The molecule has 0 unspecified atom stereocenters. The van der Waals surface area contributed by atoms with Crippen LogP contribution in [0.15, 0.2) is 46.6 Å². The Hall–Kier alpha value is -2.91. The molecule has 0 fully saturated rings. The zero-order valence-electron chi connectivity index (χ0n) is 12.1. The lowest BCUT2D eigenvalue weighted by molar-refractivity contribution is 0.165. The van der Waals surface area contributed by atoms with Crippen molar-refractivity contribution in [3.8, 4) is 11.8 Å². The number of benzene rings is 1. The summed E-state index contributed by atoms with van der Waals surface area (Å²) in [4.78, 5) is 12.5. The number of rotatable bonds is 1. The van der Waals surface area contributed by atoms with E-state index in [0.717, 1.165) is 0 Å². The van der Waals surface area contributed by atoms with Gasteiger partial charge in [0.15, 0.2) is 0 Å². The number of allylic oxidation sites excluding steroid dienone is 1. The van der Waals surface area contributed by atoms with Crippen LogP contribution in [0.3, 0.4) is 0 Å². The maximum atomic E-state index is 12.5. The minimum atomic E-state index is -0.802. The van der Waals surface area contributed by atoms with Crippen LogP contribution in [0.25, 0.3) is 0 Å². The molecule has 0 radical (unpaired) electrons. The van der Waals surface area contributed by atoms with E-state index in [4.69, 9.17) is 22.1 Å². The highest BCUT2D eigenvalue weighted by Gasteiger charge is 2.35. The van der Waals surface area contributed by atoms with Crippen molar-refractivity contribution in [2.45, 2.75) is 12.8 Å². The van der Waals surface area contributed by atoms with Gasteiger partial charge in [-0.3, -0.25) is 4.79 Å². The van der Waals surface area contributed by atoms with E-state index in [-0.39, 0.29) is 22.8 Å². The third-order valence-electron chi connectivity index (χ3n) is 3.76. The molecule has 2 aromatic rings. The molecule has 1 aromatic heterocycles. The van der Waals surface area contributed by atoms with Crippen LogP contribution >= 0.6 is 11.6 Å². The molecule has 0 aliphatic carbocycles. The number of nitrogens with zero attached hydrogens (tertiary/aromatic N) is 2. The Bertz CT molecular complexity index is 941. The summed E-state index contributed by atoms with van der Waals surface area (Å²) >= 11 is 6.23. The maximum absolute atomic E-state index is 12.5. The normalized spacial score (nSPS) is 16.5. The van der Waals surface area contributed by atoms with Crippen LogP contribution in [0, 0.1) is 18.3 Å². The Morgan fingerprint density at radius 3 is 2.78 bits per heavy atom. The number of ether oxygens (including phenoxy) is 1. The SMILES string of the molecule is Cc1cc2c(c(=O)n1O)[C@H](c1ccccc1Cl)C(C#N)=C(N)O2. The van der Waals surface area contributed by atoms with E-state index in [2.05, 4.69) is 0 Å². The van der Waals surface area contributed by atoms with Gasteiger partial charge >= 0.3 is 0 Å². The fraction of sp³-hybridized carbons (Fsp3) is 0.125. The number of pyridine rings is 1. The van der Waals surface area contributed by atoms with Gasteiger partial charge in [-0.2, -0.15) is 9.99 Å². The van der Waals surface area contributed by atoms with Crippen LogP contribution < -0.4 is 16.0 Å². The van der Waals surface area contributed by atoms with Crippen molar-refractivity contribution in [2.75, 3.05) is 0 Å². The van der Waals surface area contributed by atoms with Gasteiger partial charge in [-0.1, -0.05) is 29.8 Å². The smallest absolute Gasteiger partial charge is 0.291 e. The summed E-state index contributed by atoms with van der Waals surface area (Å²) in [6.45, 7) is 1.55. The Balaban J connectivity index is 2.39. The lowest BCUT2D eigenvalue weighted by atomic mass is 9.84. The summed E-state index contributed by atoms with van der Waals surface area (Å²) in [5.41, 5.74) is 6.20. The van der Waals surface area contributed by atoms with Gasteiger partial charge in [0.25, 0.3) is 5.56 Å². The van der Waals surface area contributed by atoms with E-state index in [1.165, 1.54) is 6.07 Å². The summed E-state index contributed by atoms with van der Waals surface area (Å²) in [6, 6.07) is 10.3. The molecule has 1 aromatic carbocycles. The summed E-state index contributed by atoms with van der Waals surface area (Å²) in [7, 11) is 0. The Labute approximate surface area is 136 Å². The van der Waals surface area contributed by atoms with Gasteiger partial charge in [0.05, 0.1) is 17.2 Å². The maximum Gasteiger partial charge on any atom is 0.291 e. The van der Waals surface area contributed by atoms with Gasteiger partial charge in [0, 0.05) is 11.1 Å². The molecule has 0 saturated carbocycles. The van der Waals surface area contributed by atoms with Crippen LogP contribution in [0.1, 0.15) is 22.7 Å². The minimum Gasteiger partial charge on any atom is -0.440 e. The third-order valence-corrected chi connectivity index (χ3v) is 4.11. The predicted octanol–water partition coefficient (Wildman–Crippen LogP) is 2.27. The van der Waals surface area contributed by atoms with E-state index in [0.29, 0.717) is 21.0 Å². The first-order chi connectivity index (χ1) is 11.0. The van der Waals surface area contributed by atoms with E-state index >= 15 is 0 Å². The quantitative estimate of drug-likeness (QED) is 0.781. The number of hydrogen-bond acceptors (Lipinski definition) is 5. The Morgan fingerprint density at radius 2 is 2.13 bits per heavy atom. The monoisotopic (exact) mass is 329 g/mol. The molecule has 3 N–H and O–H groups in total. The molecule has 116 valence electrons. The predicted molar refractivity (Wildman–Crippen MR) is 83.4 cm³/mol. The van der Waals surface area contributed by atoms with Crippen LogP contribution in [-0.2, 0) is 0 Å². The lowest BCUT2D eigenvalue weighted by Crippen LogP contribution is -2.32. The molecule has 3 rings (SSSR count). The third kappa shape index (κ3) is 2.22. The second kappa shape index (κ2) is 5.38. The number of nitriles is 1. The van der Waals surface area contributed by atoms with Crippen molar-refractivity contribution in [1.82, 2.24) is 4.73 Å². The lowest BCUT2D eigenvalue weighted by Gasteiger charge is -2.26. The van der Waals surface area contributed by atoms with Gasteiger partial charge in [-0.15, -0.1) is 0 Å². The molecule has 7 heteroatoms. The highest BCUT2D eigenvalue weighted by atomic mass is 35.5. The van der Waals surface area contributed by atoms with Gasteiger partial charge in [0.2, 0.25) is 5.88 Å². The molecule has 0 spiro atoms. The average molecular weight is 330 g/mol. The highest BCUT2D eigenvalue weighted by Crippen LogP contribution is 2.42. The highest BCUT2D eigenvalue weighted by molar-refractivity contribution is 6.31. The van der Waals surface area contributed by atoms with Crippen molar-refractivity contribution in [1.29, 1.82) is 5.26 Å². The second-order valence-electron chi connectivity index (χ2n) is 5.13. The van der Waals surface area contributed by atoms with Crippen molar-refractivity contribution >= 4 is 11.6 Å². The molecule has 6 nitrogen and oxygen atoms in total. The molecule has 2 heterocycles. The Morgan fingerprint density at radius 1 is 1.43 bits per heavy atom. The van der Waals surface area contributed by atoms with Crippen LogP contribution in [0.5, 0.6) is 5.75 Å². The van der Waals surface area contributed by atoms with Gasteiger partial charge in [-0.25, -0.2) is 0 Å². The van der Waals surface area contributed by atoms with Crippen LogP contribution in [0.4, 0.5) is 0 Å². The zero-order valence-corrected chi connectivity index (χ0v) is 12.8. The van der Waals surface area contributed by atoms with Crippen molar-refractivity contribution in [3.63, 3.8) is 0 Å². The summed E-state index contributed by atoms with van der Waals surface area (Å²) in [6.07, 6.45) is 0. The fourth-order valence-corrected chi connectivity index (χ4v) is 2.90. The summed E-state index contributed by atoms with van der Waals surface area (Å²) < 4.78 is 5.93. The van der Waals surface area contributed by atoms with Gasteiger partial charge < -0.3 is 15.7 Å². The second-order valence-corrected chi connectivity index (χ2v) is 5.53. The largest absolute Gasteiger partial charge is 0.440 e. The molecule has 1 atom stereocenters. The number of aromatic nitrogens is 1. The molecule has 0 saturated heterocycles. The van der Waals surface area contributed by atoms with E-state index in [1.807, 2.05) is 6.07 Å². The van der Waals surface area contributed by atoms with Gasteiger partial charge in [0.1, 0.15) is 17.4 Å². The zero-order chi connectivity index (χ0) is 16.7. The van der Waals surface area contributed by atoms with Crippen LogP contribution in [0.2, 0.25) is 5.02 Å². The first-order valence-corrected chi connectivity index (χ1v) is 7.11. The Kier molecular flexibility index (Phi) is 3.51. The van der Waals surface area contributed by atoms with E-state index in [1.54, 1.807) is 31.2 Å². The number of halogens is 1. The first-order valence-electron chi connectivity index (χ1n) is 6.73. The summed E-state index contributed by atoms with van der Waals surface area (Å²) in [5.74, 6) is -0.678. The number of hydrogen-bond donors (Lipinski definition) is 2. The van der Waals surface area contributed by atoms with Crippen molar-refractivity contribution in [2.24, 2.45) is 5.73 Å². The summed E-state index contributed by atoms with van der Waals surface area (Å²) in [5, 5.41) is 19.7. The number of aryl methyl sites for hydroxylation is 1. The molecule has 1 aliphatic rings. The number of nitrogens with two attached hydrogens (primary N) is 1. The van der Waals surface area contributed by atoms with Crippen molar-refractivity contribution < 1.29 is 9.94 Å². The number of fused-ring (bicyclic) bond motifs is 1.